The Bertz CT molecular complexity index is 3420. The van der Waals surface area contributed by atoms with Gasteiger partial charge < -0.3 is 4.57 Å². The topological polar surface area (TPSA) is 43.6 Å². The molecule has 318 valence electrons. The van der Waals surface area contributed by atoms with Crippen LogP contribution in [-0.4, -0.2) is 19.5 Å². The van der Waals surface area contributed by atoms with Crippen LogP contribution >= 0.6 is 11.3 Å². The summed E-state index contributed by atoms with van der Waals surface area (Å²) in [5, 5.41) is 4.89. The number of pyridine rings is 3. The van der Waals surface area contributed by atoms with E-state index in [9.17, 15) is 0 Å². The van der Waals surface area contributed by atoms with Crippen molar-refractivity contribution in [3.8, 4) is 50.5 Å². The van der Waals surface area contributed by atoms with E-state index in [4.69, 9.17) is 9.97 Å². The second-order valence-electron chi connectivity index (χ2n) is 16.2. The molecule has 0 spiro atoms. The molecule has 0 saturated heterocycles. The molecule has 6 aromatic carbocycles. The van der Waals surface area contributed by atoms with Crippen LogP contribution in [0.25, 0.3) is 98.0 Å². The first-order valence-electron chi connectivity index (χ1n) is 22.5. The monoisotopic (exact) mass is 868 g/mol. The van der Waals surface area contributed by atoms with Crippen LogP contribution in [0.15, 0.2) is 225 Å². The summed E-state index contributed by atoms with van der Waals surface area (Å²) in [7, 11) is 0. The molecule has 5 heterocycles. The summed E-state index contributed by atoms with van der Waals surface area (Å²) >= 11 is 1.84. The van der Waals surface area contributed by atoms with Crippen molar-refractivity contribution in [2.45, 2.75) is 26.7 Å². The lowest BCUT2D eigenvalue weighted by Gasteiger charge is -2.11. The molecular weight excluding hydrogens is 821 g/mol. The third-order valence-corrected chi connectivity index (χ3v) is 13.2. The van der Waals surface area contributed by atoms with Crippen molar-refractivity contribution >= 4 is 58.9 Å². The molecule has 5 heteroatoms. The van der Waals surface area contributed by atoms with Gasteiger partial charge >= 0.3 is 0 Å². The molecule has 0 saturated carbocycles. The molecular formula is C61H48N4S. The standard InChI is InChI=1S/C53H37N3S.C8H11N/c1-3-5-14-35(4-2)36-23-27-52-46(31-36)47-34-39(24-28-53(47)57-52)56-50-25-21-37(40-15-6-8-17-42(40)48-19-10-12-29-54-48)32-44(50)45-33-38(22-26-51(45)56)41-16-7-9-18-43(41)49-20-11-13-30-55-49;1-2-5-8-6-3-4-7-9-8/h3-34H,2H2,1H3;3-4,6-7H,2,5H2,1H3/b5-3-,35-14+;. The zero-order valence-electron chi connectivity index (χ0n) is 37.1. The highest BCUT2D eigenvalue weighted by Gasteiger charge is 2.18. The third kappa shape index (κ3) is 8.29. The van der Waals surface area contributed by atoms with Crippen LogP contribution in [0.2, 0.25) is 0 Å². The number of aromatic nitrogens is 4. The van der Waals surface area contributed by atoms with Crippen LogP contribution in [0.3, 0.4) is 0 Å². The van der Waals surface area contributed by atoms with Gasteiger partial charge in [-0.05, 0) is 138 Å². The van der Waals surface area contributed by atoms with E-state index in [-0.39, 0.29) is 0 Å². The Balaban J connectivity index is 0.000000511. The van der Waals surface area contributed by atoms with Gasteiger partial charge in [0.25, 0.3) is 0 Å². The maximum atomic E-state index is 4.73. The summed E-state index contributed by atoms with van der Waals surface area (Å²) < 4.78 is 4.97. The van der Waals surface area contributed by atoms with E-state index >= 15 is 0 Å². The van der Waals surface area contributed by atoms with E-state index in [1.54, 1.807) is 0 Å². The summed E-state index contributed by atoms with van der Waals surface area (Å²) in [5.74, 6) is 0. The van der Waals surface area contributed by atoms with Gasteiger partial charge in [0.05, 0.1) is 22.4 Å². The minimum atomic E-state index is 0.959. The summed E-state index contributed by atoms with van der Waals surface area (Å²) in [5.41, 5.74) is 15.6. The van der Waals surface area contributed by atoms with Gasteiger partial charge in [0.1, 0.15) is 0 Å². The van der Waals surface area contributed by atoms with Crippen molar-refractivity contribution in [1.29, 1.82) is 0 Å². The third-order valence-electron chi connectivity index (χ3n) is 12.1. The van der Waals surface area contributed by atoms with Gasteiger partial charge in [0.15, 0.2) is 0 Å². The number of aryl methyl sites for hydroxylation is 1. The predicted molar refractivity (Wildman–Crippen MR) is 282 cm³/mol. The van der Waals surface area contributed by atoms with Crippen LogP contribution in [0.5, 0.6) is 0 Å². The number of nitrogens with zero attached hydrogens (tertiary/aromatic N) is 4. The largest absolute Gasteiger partial charge is 0.309 e. The molecule has 0 aliphatic carbocycles. The number of fused-ring (bicyclic) bond motifs is 6. The Morgan fingerprint density at radius 2 is 1.09 bits per heavy atom. The zero-order valence-corrected chi connectivity index (χ0v) is 37.9. The molecule has 0 amide bonds. The van der Waals surface area contributed by atoms with E-state index in [0.29, 0.717) is 0 Å². The van der Waals surface area contributed by atoms with Gasteiger partial charge in [-0.3, -0.25) is 15.0 Å². The Kier molecular flexibility index (Phi) is 12.1. The molecule has 0 aliphatic rings. The average molecular weight is 869 g/mol. The van der Waals surface area contributed by atoms with Crippen LogP contribution < -0.4 is 0 Å². The van der Waals surface area contributed by atoms with E-state index in [1.165, 1.54) is 43.1 Å². The molecule has 0 fully saturated rings. The second-order valence-corrected chi connectivity index (χ2v) is 17.3. The van der Waals surface area contributed by atoms with Gasteiger partial charge in [-0.1, -0.05) is 129 Å². The van der Waals surface area contributed by atoms with E-state index < -0.39 is 0 Å². The summed E-state index contributed by atoms with van der Waals surface area (Å²) in [6.45, 7) is 8.30. The lowest BCUT2D eigenvalue weighted by molar-refractivity contribution is 0.883. The Morgan fingerprint density at radius 1 is 0.545 bits per heavy atom. The fraction of sp³-hybridized carbons (Fsp3) is 0.0656. The van der Waals surface area contributed by atoms with Crippen LogP contribution in [0.1, 0.15) is 31.5 Å². The first-order valence-corrected chi connectivity index (χ1v) is 23.4. The fourth-order valence-corrected chi connectivity index (χ4v) is 10.0. The van der Waals surface area contributed by atoms with Crippen molar-refractivity contribution in [1.82, 2.24) is 19.5 Å². The highest BCUT2D eigenvalue weighted by molar-refractivity contribution is 7.25. The van der Waals surface area contributed by atoms with E-state index in [2.05, 4.69) is 175 Å². The SMILES string of the molecule is C=C/C(=C\C=C/C)c1ccc2sc3ccc(-n4c5ccc(-c6ccccc6-c6ccccn6)cc5c5cc(-c6ccccc6-c6ccccn6)ccc54)cc3c2c1.CCCc1ccccn1. The predicted octanol–water partition coefficient (Wildman–Crippen LogP) is 16.8. The lowest BCUT2D eigenvalue weighted by Crippen LogP contribution is -1.94. The number of hydrogen-bond donors (Lipinski definition) is 0. The molecule has 11 aromatic rings. The molecule has 0 radical (unpaired) electrons. The van der Waals surface area contributed by atoms with Gasteiger partial charge in [0, 0.05) is 72.0 Å². The Hall–Kier alpha value is -7.99. The quantitative estimate of drug-likeness (QED) is 0.129. The van der Waals surface area contributed by atoms with Crippen molar-refractivity contribution in [2.24, 2.45) is 0 Å². The van der Waals surface area contributed by atoms with Gasteiger partial charge in [-0.25, -0.2) is 0 Å². The first-order chi connectivity index (χ1) is 32.6. The highest BCUT2D eigenvalue weighted by atomic mass is 32.1. The highest BCUT2D eigenvalue weighted by Crippen LogP contribution is 2.42. The smallest absolute Gasteiger partial charge is 0.0708 e. The van der Waals surface area contributed by atoms with E-state index in [0.717, 1.165) is 79.0 Å². The minimum Gasteiger partial charge on any atom is -0.309 e. The van der Waals surface area contributed by atoms with Crippen molar-refractivity contribution in [3.05, 3.63) is 237 Å². The maximum Gasteiger partial charge on any atom is 0.0708 e. The second kappa shape index (κ2) is 19.0. The number of rotatable bonds is 10. The normalized spacial score (nSPS) is 11.7. The van der Waals surface area contributed by atoms with Gasteiger partial charge in [0.2, 0.25) is 0 Å². The molecule has 0 aliphatic heterocycles. The Morgan fingerprint density at radius 3 is 1.62 bits per heavy atom. The summed E-state index contributed by atoms with van der Waals surface area (Å²) in [6.07, 6.45) is 16.0. The first kappa shape index (κ1) is 42.0. The number of benzene rings is 6. The average Bonchev–Trinajstić information content (AvgIpc) is 3.92. The maximum absolute atomic E-state index is 4.73. The fourth-order valence-electron chi connectivity index (χ4n) is 8.97. The molecule has 5 aromatic heterocycles. The van der Waals surface area contributed by atoms with Crippen LogP contribution in [0.4, 0.5) is 0 Å². The van der Waals surface area contributed by atoms with Crippen LogP contribution in [-0.2, 0) is 6.42 Å². The molecule has 0 N–H and O–H groups in total. The van der Waals surface area contributed by atoms with Gasteiger partial charge in [-0.2, -0.15) is 0 Å². The van der Waals surface area contributed by atoms with Gasteiger partial charge in [-0.15, -0.1) is 11.3 Å². The Labute approximate surface area is 390 Å². The minimum absolute atomic E-state index is 0.959. The number of hydrogen-bond acceptors (Lipinski definition) is 4. The molecule has 0 unspecified atom stereocenters. The summed E-state index contributed by atoms with van der Waals surface area (Å²) in [6, 6.07) is 62.9. The molecule has 11 rings (SSSR count). The summed E-state index contributed by atoms with van der Waals surface area (Å²) in [4.78, 5) is 13.6. The van der Waals surface area contributed by atoms with Crippen molar-refractivity contribution in [2.75, 3.05) is 0 Å². The molecule has 66 heavy (non-hydrogen) atoms. The molecule has 4 nitrogen and oxygen atoms in total. The number of thiophene rings is 1. The molecule has 0 bridgehead atoms. The zero-order chi connectivity index (χ0) is 44.8. The number of allylic oxidation sites excluding steroid dienone is 5. The van der Waals surface area contributed by atoms with Crippen molar-refractivity contribution in [3.63, 3.8) is 0 Å². The molecule has 0 atom stereocenters. The van der Waals surface area contributed by atoms with Crippen molar-refractivity contribution < 1.29 is 0 Å². The van der Waals surface area contributed by atoms with E-state index in [1.807, 2.05) is 85.4 Å². The lowest BCUT2D eigenvalue weighted by atomic mass is 9.94. The van der Waals surface area contributed by atoms with Crippen LogP contribution in [0, 0.1) is 0 Å².